The zero-order valence-corrected chi connectivity index (χ0v) is 10.9. The highest BCUT2D eigenvalue weighted by atomic mass is 16.6. The van der Waals surface area contributed by atoms with E-state index < -0.39 is 0 Å². The highest BCUT2D eigenvalue weighted by Gasteiger charge is 2.24. The molecule has 6 heteroatoms. The first-order chi connectivity index (χ1) is 8.67. The Balaban J connectivity index is 2.26. The summed E-state index contributed by atoms with van der Waals surface area (Å²) in [6.45, 7) is 5.25. The molecule has 0 radical (unpaired) electrons. The SMILES string of the molecule is C/C=C/NC(=O)NC1CCN(C(=O)OCC)CC1. The second kappa shape index (κ2) is 7.58. The number of hydrogen-bond acceptors (Lipinski definition) is 3. The Bertz CT molecular complexity index is 310. The molecule has 0 aromatic rings. The van der Waals surface area contributed by atoms with Crippen molar-refractivity contribution in [3.8, 4) is 0 Å². The second-order valence-electron chi connectivity index (χ2n) is 4.08. The third-order valence-corrected chi connectivity index (χ3v) is 2.74. The number of rotatable bonds is 3. The Kier molecular flexibility index (Phi) is 6.04. The summed E-state index contributed by atoms with van der Waals surface area (Å²) in [5.74, 6) is 0. The van der Waals surface area contributed by atoms with Gasteiger partial charge in [-0.2, -0.15) is 0 Å². The topological polar surface area (TPSA) is 70.7 Å². The van der Waals surface area contributed by atoms with Crippen molar-refractivity contribution in [1.29, 1.82) is 0 Å². The maximum Gasteiger partial charge on any atom is 0.409 e. The fraction of sp³-hybridized carbons (Fsp3) is 0.667. The van der Waals surface area contributed by atoms with E-state index in [4.69, 9.17) is 4.74 Å². The van der Waals surface area contributed by atoms with Gasteiger partial charge in [0.1, 0.15) is 0 Å². The zero-order valence-electron chi connectivity index (χ0n) is 10.9. The number of allylic oxidation sites excluding steroid dienone is 1. The van der Waals surface area contributed by atoms with E-state index in [1.54, 1.807) is 24.1 Å². The van der Waals surface area contributed by atoms with Gasteiger partial charge in [0, 0.05) is 25.3 Å². The third-order valence-electron chi connectivity index (χ3n) is 2.74. The first kappa shape index (κ1) is 14.3. The number of piperidine rings is 1. The summed E-state index contributed by atoms with van der Waals surface area (Å²) >= 11 is 0. The van der Waals surface area contributed by atoms with E-state index in [-0.39, 0.29) is 18.2 Å². The maximum atomic E-state index is 11.5. The molecular weight excluding hydrogens is 234 g/mol. The number of urea groups is 1. The van der Waals surface area contributed by atoms with E-state index in [1.165, 1.54) is 0 Å². The Morgan fingerprint density at radius 2 is 2.06 bits per heavy atom. The largest absolute Gasteiger partial charge is 0.450 e. The number of amides is 3. The first-order valence-corrected chi connectivity index (χ1v) is 6.27. The molecule has 0 aromatic heterocycles. The average Bonchev–Trinajstić information content (AvgIpc) is 2.37. The quantitative estimate of drug-likeness (QED) is 0.801. The molecule has 0 saturated carbocycles. The molecular formula is C12H21N3O3. The molecule has 0 aliphatic carbocycles. The van der Waals surface area contributed by atoms with Gasteiger partial charge in [0.25, 0.3) is 0 Å². The average molecular weight is 255 g/mol. The van der Waals surface area contributed by atoms with Crippen molar-refractivity contribution >= 4 is 12.1 Å². The minimum Gasteiger partial charge on any atom is -0.450 e. The molecule has 1 aliphatic heterocycles. The lowest BCUT2D eigenvalue weighted by Crippen LogP contribution is -2.48. The molecule has 102 valence electrons. The zero-order chi connectivity index (χ0) is 13.4. The van der Waals surface area contributed by atoms with Gasteiger partial charge in [0.15, 0.2) is 0 Å². The van der Waals surface area contributed by atoms with Crippen LogP contribution in [0.1, 0.15) is 26.7 Å². The lowest BCUT2D eigenvalue weighted by Gasteiger charge is -2.31. The fourth-order valence-corrected chi connectivity index (χ4v) is 1.81. The van der Waals surface area contributed by atoms with Crippen molar-refractivity contribution in [3.63, 3.8) is 0 Å². The van der Waals surface area contributed by atoms with Crippen molar-refractivity contribution in [2.45, 2.75) is 32.7 Å². The van der Waals surface area contributed by atoms with E-state index in [1.807, 2.05) is 6.92 Å². The monoisotopic (exact) mass is 255 g/mol. The van der Waals surface area contributed by atoms with E-state index >= 15 is 0 Å². The number of nitrogens with zero attached hydrogens (tertiary/aromatic N) is 1. The highest BCUT2D eigenvalue weighted by Crippen LogP contribution is 2.11. The molecule has 0 spiro atoms. The van der Waals surface area contributed by atoms with Crippen molar-refractivity contribution in [2.75, 3.05) is 19.7 Å². The van der Waals surface area contributed by atoms with E-state index in [0.717, 1.165) is 12.8 Å². The van der Waals surface area contributed by atoms with Crippen LogP contribution in [0.5, 0.6) is 0 Å². The molecule has 1 rings (SSSR count). The minimum atomic E-state index is -0.269. The summed E-state index contributed by atoms with van der Waals surface area (Å²) in [6, 6.07) is -0.0939. The van der Waals surface area contributed by atoms with Gasteiger partial charge in [-0.25, -0.2) is 9.59 Å². The Labute approximate surface area is 107 Å². The second-order valence-corrected chi connectivity index (χ2v) is 4.08. The maximum absolute atomic E-state index is 11.5. The van der Waals surface area contributed by atoms with Crippen LogP contribution >= 0.6 is 0 Å². The van der Waals surface area contributed by atoms with Crippen LogP contribution in [0, 0.1) is 0 Å². The summed E-state index contributed by atoms with van der Waals surface area (Å²) in [6.07, 6.45) is 4.57. The minimum absolute atomic E-state index is 0.112. The van der Waals surface area contributed by atoms with E-state index in [9.17, 15) is 9.59 Å². The van der Waals surface area contributed by atoms with Crippen LogP contribution in [-0.2, 0) is 4.74 Å². The molecule has 1 aliphatic rings. The number of carbonyl (C=O) groups is 2. The van der Waals surface area contributed by atoms with Gasteiger partial charge in [-0.1, -0.05) is 6.08 Å². The van der Waals surface area contributed by atoms with Gasteiger partial charge in [-0.15, -0.1) is 0 Å². The molecule has 3 amide bonds. The summed E-state index contributed by atoms with van der Waals surface area (Å²) in [4.78, 5) is 24.5. The summed E-state index contributed by atoms with van der Waals surface area (Å²) < 4.78 is 4.93. The van der Waals surface area contributed by atoms with Gasteiger partial charge >= 0.3 is 12.1 Å². The first-order valence-electron chi connectivity index (χ1n) is 6.27. The number of nitrogens with one attached hydrogen (secondary N) is 2. The van der Waals surface area contributed by atoms with Crippen LogP contribution in [-0.4, -0.2) is 42.8 Å². The van der Waals surface area contributed by atoms with E-state index in [0.29, 0.717) is 19.7 Å². The molecule has 0 unspecified atom stereocenters. The van der Waals surface area contributed by atoms with Crippen LogP contribution in [0.25, 0.3) is 0 Å². The predicted molar refractivity (Wildman–Crippen MR) is 68.1 cm³/mol. The van der Waals surface area contributed by atoms with Crippen LogP contribution < -0.4 is 10.6 Å². The van der Waals surface area contributed by atoms with Gasteiger partial charge < -0.3 is 20.3 Å². The number of carbonyl (C=O) groups excluding carboxylic acids is 2. The molecule has 2 N–H and O–H groups in total. The normalized spacial score (nSPS) is 16.7. The highest BCUT2D eigenvalue weighted by molar-refractivity contribution is 5.75. The Morgan fingerprint density at radius 3 is 2.61 bits per heavy atom. The van der Waals surface area contributed by atoms with Crippen molar-refractivity contribution in [2.24, 2.45) is 0 Å². The van der Waals surface area contributed by atoms with Gasteiger partial charge in [-0.3, -0.25) is 0 Å². The smallest absolute Gasteiger partial charge is 0.409 e. The summed E-state index contributed by atoms with van der Waals surface area (Å²) in [5.41, 5.74) is 0. The van der Waals surface area contributed by atoms with Crippen molar-refractivity contribution < 1.29 is 14.3 Å². The van der Waals surface area contributed by atoms with Crippen LogP contribution in [0.15, 0.2) is 12.3 Å². The van der Waals surface area contributed by atoms with Crippen molar-refractivity contribution in [3.05, 3.63) is 12.3 Å². The predicted octanol–water partition coefficient (Wildman–Crippen LogP) is 1.44. The Morgan fingerprint density at radius 1 is 1.39 bits per heavy atom. The van der Waals surface area contributed by atoms with Crippen LogP contribution in [0.2, 0.25) is 0 Å². The van der Waals surface area contributed by atoms with Crippen LogP contribution in [0.3, 0.4) is 0 Å². The lowest BCUT2D eigenvalue weighted by molar-refractivity contribution is 0.0958. The summed E-state index contributed by atoms with van der Waals surface area (Å²) in [5, 5.41) is 5.46. The number of ether oxygens (including phenoxy) is 1. The molecule has 0 aromatic carbocycles. The number of hydrogen-bond donors (Lipinski definition) is 2. The number of likely N-dealkylation sites (tertiary alicyclic amines) is 1. The summed E-state index contributed by atoms with van der Waals surface area (Å²) in [7, 11) is 0. The Hall–Kier alpha value is -1.72. The van der Waals surface area contributed by atoms with Gasteiger partial charge in [-0.05, 0) is 26.7 Å². The molecule has 6 nitrogen and oxygen atoms in total. The molecule has 1 fully saturated rings. The van der Waals surface area contributed by atoms with Crippen molar-refractivity contribution in [1.82, 2.24) is 15.5 Å². The van der Waals surface area contributed by atoms with Gasteiger partial charge in [0.2, 0.25) is 0 Å². The molecule has 0 atom stereocenters. The molecule has 18 heavy (non-hydrogen) atoms. The standard InChI is InChI=1S/C12H21N3O3/c1-3-7-13-11(16)14-10-5-8-15(9-6-10)12(17)18-4-2/h3,7,10H,4-6,8-9H2,1-2H3,(H2,13,14,16)/b7-3+. The third kappa shape index (κ3) is 4.65. The van der Waals surface area contributed by atoms with Crippen LogP contribution in [0.4, 0.5) is 9.59 Å². The molecule has 0 bridgehead atoms. The van der Waals surface area contributed by atoms with Gasteiger partial charge in [0.05, 0.1) is 6.61 Å². The fourth-order valence-electron chi connectivity index (χ4n) is 1.81. The lowest BCUT2D eigenvalue weighted by atomic mass is 10.1. The molecule has 1 saturated heterocycles. The molecule has 1 heterocycles. The van der Waals surface area contributed by atoms with E-state index in [2.05, 4.69) is 10.6 Å².